The van der Waals surface area contributed by atoms with Gasteiger partial charge in [-0.2, -0.15) is 0 Å². The molecular weight excluding hydrogens is 260 g/mol. The zero-order valence-corrected chi connectivity index (χ0v) is 10.7. The smallest absolute Gasteiger partial charge is 0.329 e. The molecule has 0 bridgehead atoms. The van der Waals surface area contributed by atoms with Crippen molar-refractivity contribution >= 4 is 30.3 Å². The number of hydrogen-bond acceptors (Lipinski definition) is 3. The fourth-order valence-corrected chi connectivity index (χ4v) is 2.40. The van der Waals surface area contributed by atoms with Gasteiger partial charge in [0.15, 0.2) is 5.78 Å². The van der Waals surface area contributed by atoms with Crippen molar-refractivity contribution in [3.8, 4) is 11.1 Å². The molecule has 0 fully saturated rings. The summed E-state index contributed by atoms with van der Waals surface area (Å²) in [4.78, 5) is 23.3. The van der Waals surface area contributed by atoms with Gasteiger partial charge in [0, 0.05) is 11.1 Å². The molecule has 0 aromatic heterocycles. The van der Waals surface area contributed by atoms with E-state index in [0.717, 1.165) is 15.4 Å². The first-order valence-corrected chi connectivity index (χ1v) is 6.06. The van der Waals surface area contributed by atoms with Crippen LogP contribution in [0.2, 0.25) is 0 Å². The Labute approximate surface area is 115 Å². The molecule has 0 atom stereocenters. The van der Waals surface area contributed by atoms with Crippen molar-refractivity contribution < 1.29 is 9.59 Å². The zero-order valence-electron chi connectivity index (χ0n) is 9.83. The van der Waals surface area contributed by atoms with Crippen molar-refractivity contribution in [1.82, 2.24) is 0 Å². The van der Waals surface area contributed by atoms with Crippen LogP contribution in [0.4, 0.5) is 10.5 Å². The summed E-state index contributed by atoms with van der Waals surface area (Å²) in [6.45, 7) is 0. The van der Waals surface area contributed by atoms with Gasteiger partial charge in [0.1, 0.15) is 0 Å². The zero-order chi connectivity index (χ0) is 13.6. The number of thiol groups is 1. The highest BCUT2D eigenvalue weighted by Gasteiger charge is 2.26. The van der Waals surface area contributed by atoms with E-state index in [1.165, 1.54) is 0 Å². The number of carbonyl (C=O) groups excluding carboxylic acids is 2. The van der Waals surface area contributed by atoms with Crippen LogP contribution in [0.25, 0.3) is 11.1 Å². The van der Waals surface area contributed by atoms with Gasteiger partial charge in [0.25, 0.3) is 0 Å². The highest BCUT2D eigenvalue weighted by Crippen LogP contribution is 2.38. The van der Waals surface area contributed by atoms with Gasteiger partial charge in [-0.05, 0) is 29.3 Å². The number of amides is 2. The third kappa shape index (κ3) is 1.70. The molecule has 5 heteroatoms. The number of ketones is 1. The molecule has 3 rings (SSSR count). The standard InChI is InChI=1S/C14H10N2O2S/c15-14(18)16(19)8-5-6-11-12(7-8)9-3-1-2-4-10(9)13(11)17/h1-7,19H,(H2,15,18). The van der Waals surface area contributed by atoms with Crippen LogP contribution < -0.4 is 10.0 Å². The van der Waals surface area contributed by atoms with Gasteiger partial charge < -0.3 is 5.73 Å². The van der Waals surface area contributed by atoms with E-state index < -0.39 is 6.03 Å². The number of urea groups is 1. The van der Waals surface area contributed by atoms with E-state index >= 15 is 0 Å². The second kappa shape index (κ2) is 4.13. The van der Waals surface area contributed by atoms with Gasteiger partial charge in [0.2, 0.25) is 0 Å². The van der Waals surface area contributed by atoms with E-state index in [1.54, 1.807) is 24.3 Å². The topological polar surface area (TPSA) is 63.4 Å². The van der Waals surface area contributed by atoms with Crippen molar-refractivity contribution in [1.29, 1.82) is 0 Å². The van der Waals surface area contributed by atoms with Crippen LogP contribution in [-0.4, -0.2) is 11.8 Å². The summed E-state index contributed by atoms with van der Waals surface area (Å²) in [5, 5.41) is 0. The minimum Gasteiger partial charge on any atom is -0.350 e. The molecule has 4 nitrogen and oxygen atoms in total. The van der Waals surface area contributed by atoms with Crippen LogP contribution in [-0.2, 0) is 0 Å². The Balaban J connectivity index is 2.19. The van der Waals surface area contributed by atoms with E-state index in [1.807, 2.05) is 18.2 Å². The molecule has 0 radical (unpaired) electrons. The van der Waals surface area contributed by atoms with Crippen LogP contribution in [0, 0.1) is 0 Å². The number of nitrogens with zero attached hydrogens (tertiary/aromatic N) is 1. The molecule has 2 aromatic rings. The quantitative estimate of drug-likeness (QED) is 0.668. The van der Waals surface area contributed by atoms with Crippen LogP contribution in [0.3, 0.4) is 0 Å². The van der Waals surface area contributed by atoms with Crippen molar-refractivity contribution in [2.45, 2.75) is 0 Å². The highest BCUT2D eigenvalue weighted by atomic mass is 32.1. The van der Waals surface area contributed by atoms with Gasteiger partial charge in [-0.15, -0.1) is 0 Å². The number of anilines is 1. The second-order valence-corrected chi connectivity index (χ2v) is 4.65. The third-order valence-corrected chi connectivity index (χ3v) is 3.59. The van der Waals surface area contributed by atoms with Gasteiger partial charge in [-0.1, -0.05) is 37.1 Å². The van der Waals surface area contributed by atoms with Gasteiger partial charge >= 0.3 is 6.03 Å². The summed E-state index contributed by atoms with van der Waals surface area (Å²) >= 11 is 4.02. The van der Waals surface area contributed by atoms with Crippen molar-refractivity contribution in [2.75, 3.05) is 4.31 Å². The normalized spacial score (nSPS) is 11.9. The number of fused-ring (bicyclic) bond motifs is 3. The Morgan fingerprint density at radius 2 is 1.63 bits per heavy atom. The summed E-state index contributed by atoms with van der Waals surface area (Å²) in [6.07, 6.45) is 0. The molecule has 0 spiro atoms. The fraction of sp³-hybridized carbons (Fsp3) is 0. The molecule has 94 valence electrons. The summed E-state index contributed by atoms with van der Waals surface area (Å²) in [7, 11) is 0. The van der Waals surface area contributed by atoms with Crippen LogP contribution in [0.1, 0.15) is 15.9 Å². The molecule has 2 amide bonds. The van der Waals surface area contributed by atoms with E-state index in [0.29, 0.717) is 16.8 Å². The van der Waals surface area contributed by atoms with Gasteiger partial charge in [-0.25, -0.2) is 9.10 Å². The Hall–Kier alpha value is -2.27. The third-order valence-electron chi connectivity index (χ3n) is 3.16. The lowest BCUT2D eigenvalue weighted by molar-refractivity contribution is 0.104. The van der Waals surface area contributed by atoms with Crippen LogP contribution in [0.5, 0.6) is 0 Å². The van der Waals surface area contributed by atoms with Crippen LogP contribution in [0.15, 0.2) is 42.5 Å². The Bertz CT molecular complexity index is 712. The van der Waals surface area contributed by atoms with Crippen molar-refractivity contribution in [3.05, 3.63) is 53.6 Å². The molecule has 0 aliphatic heterocycles. The highest BCUT2D eigenvalue weighted by molar-refractivity contribution is 7.82. The summed E-state index contributed by atoms with van der Waals surface area (Å²) < 4.78 is 1.05. The Morgan fingerprint density at radius 1 is 1.00 bits per heavy atom. The molecule has 2 N–H and O–H groups in total. The summed E-state index contributed by atoms with van der Waals surface area (Å²) in [5.74, 6) is 0.00180. The van der Waals surface area contributed by atoms with Gasteiger partial charge in [0.05, 0.1) is 5.69 Å². The Kier molecular flexibility index (Phi) is 2.57. The monoisotopic (exact) mass is 270 g/mol. The average molecular weight is 270 g/mol. The maximum Gasteiger partial charge on any atom is 0.329 e. The Morgan fingerprint density at radius 3 is 2.32 bits per heavy atom. The number of benzene rings is 2. The number of primary amides is 1. The van der Waals surface area contributed by atoms with Crippen LogP contribution >= 0.6 is 12.8 Å². The van der Waals surface area contributed by atoms with Crippen molar-refractivity contribution in [2.24, 2.45) is 5.73 Å². The first-order valence-electron chi connectivity index (χ1n) is 5.66. The number of hydrogen-bond donors (Lipinski definition) is 2. The minimum absolute atomic E-state index is 0.00180. The lowest BCUT2D eigenvalue weighted by Crippen LogP contribution is -2.27. The predicted octanol–water partition coefficient (Wildman–Crippen LogP) is 2.63. The molecular formula is C14H10N2O2S. The first kappa shape index (κ1) is 11.8. The van der Waals surface area contributed by atoms with E-state index in [9.17, 15) is 9.59 Å². The second-order valence-electron chi connectivity index (χ2n) is 4.25. The van der Waals surface area contributed by atoms with Gasteiger partial charge in [-0.3, -0.25) is 4.79 Å². The summed E-state index contributed by atoms with van der Waals surface area (Å²) in [6, 6.07) is 11.8. The number of carbonyl (C=O) groups is 2. The lowest BCUT2D eigenvalue weighted by atomic mass is 10.1. The minimum atomic E-state index is -0.666. The molecule has 0 saturated carbocycles. The molecule has 0 saturated heterocycles. The SMILES string of the molecule is NC(=O)N(S)c1ccc2c(c1)-c1ccccc1C2=O. The first-order chi connectivity index (χ1) is 9.09. The molecule has 19 heavy (non-hydrogen) atoms. The number of nitrogens with two attached hydrogens (primary N) is 1. The average Bonchev–Trinajstić information content (AvgIpc) is 2.72. The molecule has 0 unspecified atom stereocenters. The van der Waals surface area contributed by atoms with E-state index in [-0.39, 0.29) is 5.78 Å². The molecule has 1 aliphatic carbocycles. The maximum absolute atomic E-state index is 12.2. The fourth-order valence-electron chi connectivity index (χ4n) is 2.27. The number of rotatable bonds is 1. The van der Waals surface area contributed by atoms with E-state index in [2.05, 4.69) is 12.8 Å². The molecule has 0 heterocycles. The largest absolute Gasteiger partial charge is 0.350 e. The summed E-state index contributed by atoms with van der Waals surface area (Å²) in [5.41, 5.74) is 8.71. The van der Waals surface area contributed by atoms with Crippen molar-refractivity contribution in [3.63, 3.8) is 0 Å². The lowest BCUT2D eigenvalue weighted by Gasteiger charge is -2.13. The van der Waals surface area contributed by atoms with E-state index in [4.69, 9.17) is 5.73 Å². The predicted molar refractivity (Wildman–Crippen MR) is 76.4 cm³/mol. The maximum atomic E-state index is 12.2. The molecule has 2 aromatic carbocycles. The molecule has 1 aliphatic rings.